The summed E-state index contributed by atoms with van der Waals surface area (Å²) in [4.78, 5) is 0. The molecule has 0 aromatic rings. The highest BCUT2D eigenvalue weighted by atomic mass is 31.2. The Kier molecular flexibility index (Phi) is 12.5. The summed E-state index contributed by atoms with van der Waals surface area (Å²) in [6, 6.07) is 0. The first-order chi connectivity index (χ1) is 14.5. The van der Waals surface area contributed by atoms with Crippen LogP contribution in [0.25, 0.3) is 0 Å². The van der Waals surface area contributed by atoms with Gasteiger partial charge in [-0.05, 0) is 6.42 Å². The minimum Gasteiger partial charge on any atom is -0.301 e. The van der Waals surface area contributed by atoms with Crippen molar-refractivity contribution in [1.82, 2.24) is 0 Å². The Hall–Kier alpha value is 0.0700. The lowest BCUT2D eigenvalue weighted by Gasteiger charge is -2.28. The third-order valence-electron chi connectivity index (χ3n) is 6.75. The maximum absolute atomic E-state index is 12.6. The molecule has 2 aliphatic heterocycles. The third-order valence-corrected chi connectivity index (χ3v) is 8.25. The zero-order chi connectivity index (χ0) is 21.7. The number of unbranched alkanes of at least 4 members (excludes halogenated alkanes) is 15. The number of likely N-dealkylation sites (tertiary alicyclic amines) is 1. The monoisotopic (exact) mass is 446 g/mol. The number of quaternary nitrogens is 1. The van der Waals surface area contributed by atoms with Crippen LogP contribution in [0.15, 0.2) is 0 Å². The molecule has 0 N–H and O–H groups in total. The second-order valence-electron chi connectivity index (χ2n) is 10.0. The van der Waals surface area contributed by atoms with Crippen LogP contribution in [0.5, 0.6) is 0 Å². The van der Waals surface area contributed by atoms with E-state index in [4.69, 9.17) is 13.6 Å². The summed E-state index contributed by atoms with van der Waals surface area (Å²) in [5.74, 6) is 0. The van der Waals surface area contributed by atoms with E-state index in [0.717, 1.165) is 25.8 Å². The minimum atomic E-state index is -3.33. The molecule has 0 aromatic carbocycles. The Balaban J connectivity index is 1.32. The molecular weight excluding hydrogens is 397 g/mol. The van der Waals surface area contributed by atoms with Crippen LogP contribution in [0, 0.1) is 0 Å². The van der Waals surface area contributed by atoms with E-state index in [-0.39, 0.29) is 12.3 Å². The maximum atomic E-state index is 12.6. The van der Waals surface area contributed by atoms with Gasteiger partial charge < -0.3 is 4.48 Å². The van der Waals surface area contributed by atoms with E-state index >= 15 is 0 Å². The fourth-order valence-corrected chi connectivity index (χ4v) is 6.41. The topological polar surface area (TPSA) is 44.8 Å². The zero-order valence-electron chi connectivity index (χ0n) is 20.1. The molecule has 0 saturated carbocycles. The molecule has 2 heterocycles. The molecule has 0 radical (unpaired) electrons. The van der Waals surface area contributed by atoms with E-state index in [2.05, 4.69) is 21.0 Å². The van der Waals surface area contributed by atoms with Gasteiger partial charge in [0.2, 0.25) is 6.23 Å². The summed E-state index contributed by atoms with van der Waals surface area (Å²) in [6.45, 7) is 3.75. The molecule has 0 bridgehead atoms. The van der Waals surface area contributed by atoms with Crippen LogP contribution in [-0.4, -0.2) is 44.1 Å². The van der Waals surface area contributed by atoms with Crippen LogP contribution in [-0.2, 0) is 18.1 Å². The van der Waals surface area contributed by atoms with E-state index in [1.165, 1.54) is 89.9 Å². The van der Waals surface area contributed by atoms with Crippen molar-refractivity contribution in [3.63, 3.8) is 0 Å². The van der Waals surface area contributed by atoms with Gasteiger partial charge in [0.15, 0.2) is 6.10 Å². The van der Waals surface area contributed by atoms with Gasteiger partial charge in [-0.3, -0.25) is 9.05 Å². The van der Waals surface area contributed by atoms with Gasteiger partial charge in [-0.2, -0.15) is 0 Å². The number of hydrogen-bond donors (Lipinski definition) is 0. The summed E-state index contributed by atoms with van der Waals surface area (Å²) in [6.07, 6.45) is 22.2. The summed E-state index contributed by atoms with van der Waals surface area (Å²) in [7, 11) is 0.860. The van der Waals surface area contributed by atoms with Crippen LogP contribution in [0.2, 0.25) is 0 Å². The largest absolute Gasteiger partial charge is 0.480 e. The molecule has 2 aliphatic rings. The number of likely N-dealkylation sites (N-methyl/N-ethyl adjacent to an activating group) is 1. The van der Waals surface area contributed by atoms with Gasteiger partial charge in [0.25, 0.3) is 0 Å². The Morgan fingerprint density at radius 1 is 0.767 bits per heavy atom. The highest BCUT2D eigenvalue weighted by Gasteiger charge is 2.57. The minimum absolute atomic E-state index is 0.0726. The van der Waals surface area contributed by atoms with Gasteiger partial charge in [-0.1, -0.05) is 103 Å². The lowest BCUT2D eigenvalue weighted by molar-refractivity contribution is -0.920. The van der Waals surface area contributed by atoms with Crippen molar-refractivity contribution in [2.24, 2.45) is 0 Å². The number of rotatable bonds is 18. The number of fused-ring (bicyclic) bond motifs is 1. The van der Waals surface area contributed by atoms with E-state index < -0.39 is 7.82 Å². The first kappa shape index (κ1) is 26.3. The Morgan fingerprint density at radius 2 is 1.23 bits per heavy atom. The first-order valence-corrected chi connectivity index (χ1v) is 14.4. The number of phosphoric ester groups is 1. The fourth-order valence-electron chi connectivity index (χ4n) is 4.69. The van der Waals surface area contributed by atoms with Gasteiger partial charge >= 0.3 is 7.82 Å². The normalized spacial score (nSPS) is 27.6. The van der Waals surface area contributed by atoms with E-state index in [0.29, 0.717) is 11.1 Å². The third kappa shape index (κ3) is 9.69. The van der Waals surface area contributed by atoms with E-state index in [1.54, 1.807) is 0 Å². The van der Waals surface area contributed by atoms with Gasteiger partial charge in [0.1, 0.15) is 0 Å². The molecule has 6 heteroatoms. The van der Waals surface area contributed by atoms with Crippen LogP contribution >= 0.6 is 7.82 Å². The van der Waals surface area contributed by atoms with Crippen molar-refractivity contribution >= 4 is 7.82 Å². The van der Waals surface area contributed by atoms with Crippen molar-refractivity contribution in [2.45, 2.75) is 128 Å². The molecule has 2 rings (SSSR count). The summed E-state index contributed by atoms with van der Waals surface area (Å²) in [5.41, 5.74) is 0. The van der Waals surface area contributed by atoms with Crippen molar-refractivity contribution in [3.05, 3.63) is 0 Å². The molecule has 0 aliphatic carbocycles. The van der Waals surface area contributed by atoms with Crippen LogP contribution in [0.4, 0.5) is 0 Å². The lowest BCUT2D eigenvalue weighted by Crippen LogP contribution is -2.46. The average Bonchev–Trinajstić information content (AvgIpc) is 3.19. The second kappa shape index (κ2) is 14.3. The average molecular weight is 447 g/mol. The zero-order valence-corrected chi connectivity index (χ0v) is 21.0. The van der Waals surface area contributed by atoms with E-state index in [1.807, 2.05) is 0 Å². The molecule has 2 fully saturated rings. The summed E-state index contributed by atoms with van der Waals surface area (Å²) < 4.78 is 30.2. The number of hydrogen-bond acceptors (Lipinski definition) is 4. The van der Waals surface area contributed by atoms with Gasteiger partial charge in [0.05, 0.1) is 27.2 Å². The second-order valence-corrected chi connectivity index (χ2v) is 11.6. The van der Waals surface area contributed by atoms with Crippen LogP contribution < -0.4 is 0 Å². The predicted octanol–water partition coefficient (Wildman–Crippen LogP) is 7.59. The number of nitrogens with zero attached hydrogens (tertiary/aromatic N) is 1. The molecular formula is C24H49NO4P+. The maximum Gasteiger partial charge on any atom is 0.480 e. The molecule has 3 atom stereocenters. The fraction of sp³-hybridized carbons (Fsp3) is 1.00. The standard InChI is InChI=1S/C24H49NO4P/c1-4-5-6-7-8-9-10-11-12-13-14-15-16-17-18-19-22-27-30(26)28-23-20-21-25(2,3)24(23)29-30/h23-24H,4-22H2,1-3H3/q+1. The van der Waals surface area contributed by atoms with Crippen molar-refractivity contribution < 1.29 is 22.6 Å². The van der Waals surface area contributed by atoms with E-state index in [9.17, 15) is 4.57 Å². The molecule has 0 amide bonds. The lowest BCUT2D eigenvalue weighted by atomic mass is 10.0. The molecule has 2 saturated heterocycles. The van der Waals surface area contributed by atoms with Crippen LogP contribution in [0.3, 0.4) is 0 Å². The Labute approximate surface area is 186 Å². The Bertz CT molecular complexity index is 500. The van der Waals surface area contributed by atoms with Gasteiger partial charge in [-0.25, -0.2) is 9.09 Å². The van der Waals surface area contributed by atoms with Crippen LogP contribution in [0.1, 0.15) is 116 Å². The quantitative estimate of drug-likeness (QED) is 0.124. The summed E-state index contributed by atoms with van der Waals surface area (Å²) >= 11 is 0. The molecule has 0 spiro atoms. The molecule has 30 heavy (non-hydrogen) atoms. The number of phosphoric acid groups is 1. The molecule has 3 unspecified atom stereocenters. The highest BCUT2D eigenvalue weighted by molar-refractivity contribution is 7.48. The van der Waals surface area contributed by atoms with Crippen molar-refractivity contribution in [1.29, 1.82) is 0 Å². The molecule has 178 valence electrons. The molecule has 5 nitrogen and oxygen atoms in total. The van der Waals surface area contributed by atoms with Crippen molar-refractivity contribution in [2.75, 3.05) is 27.2 Å². The smallest absolute Gasteiger partial charge is 0.301 e. The highest BCUT2D eigenvalue weighted by Crippen LogP contribution is 2.60. The van der Waals surface area contributed by atoms with Gasteiger partial charge in [-0.15, -0.1) is 0 Å². The Morgan fingerprint density at radius 3 is 1.70 bits per heavy atom. The predicted molar refractivity (Wildman–Crippen MR) is 124 cm³/mol. The van der Waals surface area contributed by atoms with Gasteiger partial charge in [0, 0.05) is 6.42 Å². The SMILES string of the molecule is CCCCCCCCCCCCCCCCCCOP1(=O)OC2CC[N+](C)(C)C2O1. The molecule has 0 aromatic heterocycles. The first-order valence-electron chi connectivity index (χ1n) is 12.9. The van der Waals surface area contributed by atoms with Crippen molar-refractivity contribution in [3.8, 4) is 0 Å². The summed E-state index contributed by atoms with van der Waals surface area (Å²) in [5, 5.41) is 0.